The first kappa shape index (κ1) is 16.3. The molecule has 118 valence electrons. The predicted octanol–water partition coefficient (Wildman–Crippen LogP) is 2.16. The number of hydrogen-bond acceptors (Lipinski definition) is 2. The Balaban J connectivity index is 1.50. The van der Waals surface area contributed by atoms with E-state index < -0.39 is 0 Å². The second-order valence-electron chi connectivity index (χ2n) is 6.14. The zero-order chi connectivity index (χ0) is 14.9. The number of benzene rings is 1. The topological polar surface area (TPSA) is 22.9 Å². The van der Waals surface area contributed by atoms with Crippen molar-refractivity contribution in [1.29, 1.82) is 0 Å². The van der Waals surface area contributed by atoms with Gasteiger partial charge in [0.1, 0.15) is 18.8 Å². The van der Waals surface area contributed by atoms with Crippen molar-refractivity contribution in [1.82, 2.24) is 0 Å². The molecule has 1 aromatic carbocycles. The minimum Gasteiger partial charge on any atom is -0.493 e. The summed E-state index contributed by atoms with van der Waals surface area (Å²) in [6.07, 6.45) is 5.08. The van der Waals surface area contributed by atoms with Crippen LogP contribution in [0.3, 0.4) is 0 Å². The molecule has 1 aromatic rings. The third-order valence-corrected chi connectivity index (χ3v) is 4.21. The maximum atomic E-state index is 5.87. The molecule has 3 nitrogen and oxygen atoms in total. The van der Waals surface area contributed by atoms with Crippen LogP contribution in [-0.2, 0) is 4.74 Å². The van der Waals surface area contributed by atoms with Crippen LogP contribution in [0.1, 0.15) is 36.8 Å². The first-order valence-corrected chi connectivity index (χ1v) is 8.37. The van der Waals surface area contributed by atoms with Crippen molar-refractivity contribution in [3.63, 3.8) is 0 Å². The lowest BCUT2D eigenvalue weighted by atomic mass is 10.1. The van der Waals surface area contributed by atoms with Gasteiger partial charge in [-0.1, -0.05) is 17.7 Å². The molecule has 0 saturated carbocycles. The molecule has 0 amide bonds. The van der Waals surface area contributed by atoms with Crippen LogP contribution in [0.2, 0.25) is 0 Å². The highest BCUT2D eigenvalue weighted by atomic mass is 16.5. The van der Waals surface area contributed by atoms with Crippen molar-refractivity contribution in [2.24, 2.45) is 0 Å². The maximum absolute atomic E-state index is 5.87. The van der Waals surface area contributed by atoms with Gasteiger partial charge >= 0.3 is 0 Å². The molecule has 0 aliphatic carbocycles. The van der Waals surface area contributed by atoms with E-state index in [1.54, 1.807) is 4.90 Å². The van der Waals surface area contributed by atoms with E-state index in [2.05, 4.69) is 32.0 Å². The third kappa shape index (κ3) is 6.06. The van der Waals surface area contributed by atoms with Crippen LogP contribution >= 0.6 is 0 Å². The Hall–Kier alpha value is -1.06. The van der Waals surface area contributed by atoms with Gasteiger partial charge in [0.25, 0.3) is 0 Å². The largest absolute Gasteiger partial charge is 0.493 e. The van der Waals surface area contributed by atoms with Gasteiger partial charge in [-0.25, -0.2) is 0 Å². The summed E-state index contributed by atoms with van der Waals surface area (Å²) in [7, 11) is 0. The lowest BCUT2D eigenvalue weighted by Gasteiger charge is -2.23. The lowest BCUT2D eigenvalue weighted by molar-refractivity contribution is -0.908. The second-order valence-corrected chi connectivity index (χ2v) is 6.14. The summed E-state index contributed by atoms with van der Waals surface area (Å²) >= 11 is 0. The van der Waals surface area contributed by atoms with Crippen LogP contribution in [0.5, 0.6) is 5.75 Å². The highest BCUT2D eigenvalue weighted by Crippen LogP contribution is 2.19. The zero-order valence-corrected chi connectivity index (χ0v) is 13.6. The van der Waals surface area contributed by atoms with E-state index in [-0.39, 0.29) is 0 Å². The first-order valence-electron chi connectivity index (χ1n) is 8.37. The van der Waals surface area contributed by atoms with Gasteiger partial charge in [-0.05, 0) is 51.2 Å². The predicted molar refractivity (Wildman–Crippen MR) is 86.3 cm³/mol. The van der Waals surface area contributed by atoms with Crippen LogP contribution < -0.4 is 9.64 Å². The third-order valence-electron chi connectivity index (χ3n) is 4.21. The second kappa shape index (κ2) is 9.06. The summed E-state index contributed by atoms with van der Waals surface area (Å²) in [6, 6.07) is 6.39. The highest BCUT2D eigenvalue weighted by molar-refractivity contribution is 5.35. The summed E-state index contributed by atoms with van der Waals surface area (Å²) < 4.78 is 11.2. The van der Waals surface area contributed by atoms with Crippen molar-refractivity contribution in [3.8, 4) is 5.75 Å². The quantitative estimate of drug-likeness (QED) is 0.742. The Labute approximate surface area is 129 Å². The van der Waals surface area contributed by atoms with E-state index in [9.17, 15) is 0 Å². The molecule has 0 radical (unpaired) electrons. The Morgan fingerprint density at radius 1 is 1.05 bits per heavy atom. The fraction of sp³-hybridized carbons (Fsp3) is 0.667. The molecule has 1 aliphatic heterocycles. The normalized spacial score (nSPS) is 16.1. The molecule has 1 aliphatic rings. The van der Waals surface area contributed by atoms with Crippen LogP contribution in [0.15, 0.2) is 18.2 Å². The average Bonchev–Trinajstić information content (AvgIpc) is 2.49. The van der Waals surface area contributed by atoms with Gasteiger partial charge in [-0.3, -0.25) is 0 Å². The summed E-state index contributed by atoms with van der Waals surface area (Å²) in [4.78, 5) is 1.72. The molecule has 1 N–H and O–H groups in total. The molecule has 1 fully saturated rings. The highest BCUT2D eigenvalue weighted by Gasteiger charge is 2.12. The van der Waals surface area contributed by atoms with Gasteiger partial charge in [0, 0.05) is 0 Å². The van der Waals surface area contributed by atoms with Crippen LogP contribution in [0, 0.1) is 13.8 Å². The minimum absolute atomic E-state index is 0.842. The van der Waals surface area contributed by atoms with E-state index in [4.69, 9.17) is 9.47 Å². The number of aryl methyl sites for hydroxylation is 2. The van der Waals surface area contributed by atoms with Crippen molar-refractivity contribution in [3.05, 3.63) is 29.3 Å². The Kier molecular flexibility index (Phi) is 7.04. The molecule has 0 spiro atoms. The number of quaternary nitrogens is 1. The van der Waals surface area contributed by atoms with E-state index in [1.807, 2.05) is 0 Å². The van der Waals surface area contributed by atoms with Gasteiger partial charge in [0.05, 0.1) is 26.4 Å². The van der Waals surface area contributed by atoms with Gasteiger partial charge in [0.2, 0.25) is 0 Å². The average molecular weight is 292 g/mol. The van der Waals surface area contributed by atoms with Gasteiger partial charge < -0.3 is 14.4 Å². The molecule has 0 unspecified atom stereocenters. The number of rotatable bonds is 8. The Morgan fingerprint density at radius 3 is 2.57 bits per heavy atom. The van der Waals surface area contributed by atoms with Crippen molar-refractivity contribution < 1.29 is 14.4 Å². The number of morpholine rings is 1. The SMILES string of the molecule is Cc1ccc(OCCCCCC[NH+]2CCOCC2)c(C)c1. The first-order chi connectivity index (χ1) is 10.3. The zero-order valence-electron chi connectivity index (χ0n) is 13.6. The van der Waals surface area contributed by atoms with Crippen LogP contribution in [-0.4, -0.2) is 39.5 Å². The van der Waals surface area contributed by atoms with E-state index >= 15 is 0 Å². The van der Waals surface area contributed by atoms with Crippen molar-refractivity contribution >= 4 is 0 Å². The lowest BCUT2D eigenvalue weighted by Crippen LogP contribution is -3.14. The van der Waals surface area contributed by atoms with Gasteiger partial charge in [-0.2, -0.15) is 0 Å². The monoisotopic (exact) mass is 292 g/mol. The summed E-state index contributed by atoms with van der Waals surface area (Å²) in [6.45, 7) is 10.7. The molecular weight excluding hydrogens is 262 g/mol. The maximum Gasteiger partial charge on any atom is 0.122 e. The molecule has 0 bridgehead atoms. The van der Waals surface area contributed by atoms with Gasteiger partial charge in [-0.15, -0.1) is 0 Å². The number of hydrogen-bond donors (Lipinski definition) is 1. The summed E-state index contributed by atoms with van der Waals surface area (Å²) in [5.41, 5.74) is 2.54. The van der Waals surface area contributed by atoms with E-state index in [0.29, 0.717) is 0 Å². The van der Waals surface area contributed by atoms with Gasteiger partial charge in [0.15, 0.2) is 0 Å². The molecule has 0 aromatic heterocycles. The smallest absolute Gasteiger partial charge is 0.122 e. The Morgan fingerprint density at radius 2 is 1.81 bits per heavy atom. The van der Waals surface area contributed by atoms with E-state index in [0.717, 1.165) is 32.0 Å². The van der Waals surface area contributed by atoms with E-state index in [1.165, 1.54) is 50.0 Å². The molecule has 21 heavy (non-hydrogen) atoms. The standard InChI is InChI=1S/C18H29NO2/c1-16-7-8-18(17(2)15-16)21-12-6-4-3-5-9-19-10-13-20-14-11-19/h7-8,15H,3-6,9-14H2,1-2H3/p+1. The molecule has 1 saturated heterocycles. The molecular formula is C18H30NO2+. The van der Waals surface area contributed by atoms with Crippen LogP contribution in [0.4, 0.5) is 0 Å². The minimum atomic E-state index is 0.842. The number of ether oxygens (including phenoxy) is 2. The molecule has 0 atom stereocenters. The van der Waals surface area contributed by atoms with Crippen molar-refractivity contribution in [2.75, 3.05) is 39.5 Å². The fourth-order valence-electron chi connectivity index (χ4n) is 2.88. The summed E-state index contributed by atoms with van der Waals surface area (Å²) in [5, 5.41) is 0. The number of unbranched alkanes of at least 4 members (excludes halogenated alkanes) is 3. The van der Waals surface area contributed by atoms with Crippen LogP contribution in [0.25, 0.3) is 0 Å². The molecule has 2 rings (SSSR count). The summed E-state index contributed by atoms with van der Waals surface area (Å²) in [5.74, 6) is 1.04. The molecule has 1 heterocycles. The number of nitrogens with one attached hydrogen (secondary N) is 1. The van der Waals surface area contributed by atoms with Crippen molar-refractivity contribution in [2.45, 2.75) is 39.5 Å². The molecule has 3 heteroatoms. The fourth-order valence-corrected chi connectivity index (χ4v) is 2.88. The Bertz CT molecular complexity index is 414.